The Labute approximate surface area is 91.2 Å². The first kappa shape index (κ1) is 12.5. The van der Waals surface area contributed by atoms with E-state index in [0.717, 1.165) is 25.7 Å². The number of amides is 1. The summed E-state index contributed by atoms with van der Waals surface area (Å²) in [6.45, 7) is 2.15. The van der Waals surface area contributed by atoms with Crippen LogP contribution in [0.2, 0.25) is 0 Å². The third kappa shape index (κ3) is 3.80. The zero-order valence-electron chi connectivity index (χ0n) is 9.41. The molecule has 0 aliphatic heterocycles. The molecule has 3 unspecified atom stereocenters. The molecule has 0 aromatic carbocycles. The Bertz CT molecular complexity index is 209. The molecule has 1 amide bonds. The molecule has 0 radical (unpaired) electrons. The maximum Gasteiger partial charge on any atom is 0.221 e. The van der Waals surface area contributed by atoms with E-state index < -0.39 is 0 Å². The van der Waals surface area contributed by atoms with Crippen molar-refractivity contribution in [1.82, 2.24) is 5.32 Å². The number of aliphatic hydroxyl groups is 1. The van der Waals surface area contributed by atoms with Gasteiger partial charge in [-0.25, -0.2) is 0 Å². The molecule has 4 nitrogen and oxygen atoms in total. The van der Waals surface area contributed by atoms with Crippen LogP contribution in [0.4, 0.5) is 0 Å². The van der Waals surface area contributed by atoms with Crippen LogP contribution in [0.15, 0.2) is 0 Å². The predicted octanol–water partition coefficient (Wildman–Crippen LogP) is 0.391. The Morgan fingerprint density at radius 1 is 1.60 bits per heavy atom. The number of carbonyl (C=O) groups is 1. The minimum absolute atomic E-state index is 0.0229. The Kier molecular flexibility index (Phi) is 5.05. The average molecular weight is 214 g/mol. The van der Waals surface area contributed by atoms with Crippen molar-refractivity contribution in [3.63, 3.8) is 0 Å². The van der Waals surface area contributed by atoms with E-state index >= 15 is 0 Å². The van der Waals surface area contributed by atoms with Crippen molar-refractivity contribution >= 4 is 5.91 Å². The lowest BCUT2D eigenvalue weighted by molar-refractivity contribution is -0.122. The van der Waals surface area contributed by atoms with Crippen molar-refractivity contribution in [3.05, 3.63) is 0 Å². The van der Waals surface area contributed by atoms with Crippen LogP contribution in [0, 0.1) is 5.92 Å². The van der Waals surface area contributed by atoms with Crippen molar-refractivity contribution in [2.45, 2.75) is 51.1 Å². The molecule has 0 spiro atoms. The van der Waals surface area contributed by atoms with Crippen LogP contribution in [-0.4, -0.2) is 29.7 Å². The second kappa shape index (κ2) is 6.08. The van der Waals surface area contributed by atoms with Gasteiger partial charge in [0, 0.05) is 31.0 Å². The van der Waals surface area contributed by atoms with Gasteiger partial charge in [-0.1, -0.05) is 13.3 Å². The Hall–Kier alpha value is -0.610. The number of nitrogens with two attached hydrogens (primary N) is 1. The van der Waals surface area contributed by atoms with Crippen LogP contribution in [-0.2, 0) is 4.79 Å². The highest BCUT2D eigenvalue weighted by molar-refractivity contribution is 5.76. The molecule has 3 atom stereocenters. The van der Waals surface area contributed by atoms with Crippen LogP contribution >= 0.6 is 0 Å². The molecule has 0 heterocycles. The Balaban J connectivity index is 2.30. The van der Waals surface area contributed by atoms with E-state index in [1.54, 1.807) is 0 Å². The largest absolute Gasteiger partial charge is 0.396 e. The number of aliphatic hydroxyl groups excluding tert-OH is 1. The van der Waals surface area contributed by atoms with Crippen LogP contribution in [0.5, 0.6) is 0 Å². The van der Waals surface area contributed by atoms with Gasteiger partial charge in [0.2, 0.25) is 5.91 Å². The van der Waals surface area contributed by atoms with Gasteiger partial charge in [0.15, 0.2) is 0 Å². The molecule has 1 saturated carbocycles. The van der Waals surface area contributed by atoms with Gasteiger partial charge in [-0.2, -0.15) is 0 Å². The lowest BCUT2D eigenvalue weighted by Gasteiger charge is -2.19. The highest BCUT2D eigenvalue weighted by Crippen LogP contribution is 2.25. The van der Waals surface area contributed by atoms with E-state index in [1.165, 1.54) is 0 Å². The molecular formula is C11H22N2O2. The highest BCUT2D eigenvalue weighted by Gasteiger charge is 2.27. The van der Waals surface area contributed by atoms with E-state index in [4.69, 9.17) is 10.8 Å². The van der Waals surface area contributed by atoms with Crippen LogP contribution < -0.4 is 11.1 Å². The van der Waals surface area contributed by atoms with Crippen molar-refractivity contribution < 1.29 is 9.90 Å². The van der Waals surface area contributed by atoms with E-state index in [0.29, 0.717) is 6.42 Å². The van der Waals surface area contributed by atoms with Crippen molar-refractivity contribution in [3.8, 4) is 0 Å². The summed E-state index contributed by atoms with van der Waals surface area (Å²) >= 11 is 0. The second-order valence-corrected chi connectivity index (χ2v) is 4.42. The zero-order chi connectivity index (χ0) is 11.3. The monoisotopic (exact) mass is 214 g/mol. The highest BCUT2D eigenvalue weighted by atomic mass is 16.3. The third-order valence-electron chi connectivity index (χ3n) is 3.21. The third-order valence-corrected chi connectivity index (χ3v) is 3.21. The molecule has 4 N–H and O–H groups in total. The summed E-state index contributed by atoms with van der Waals surface area (Å²) in [5, 5.41) is 12.1. The summed E-state index contributed by atoms with van der Waals surface area (Å²) in [6.07, 6.45) is 4.31. The molecule has 1 rings (SSSR count). The molecule has 0 aromatic heterocycles. The second-order valence-electron chi connectivity index (χ2n) is 4.42. The van der Waals surface area contributed by atoms with Gasteiger partial charge in [0.1, 0.15) is 0 Å². The lowest BCUT2D eigenvalue weighted by Crippen LogP contribution is -2.40. The quantitative estimate of drug-likeness (QED) is 0.619. The molecule has 0 bridgehead atoms. The molecule has 1 fully saturated rings. The number of nitrogens with one attached hydrogen (secondary N) is 1. The number of hydrogen-bond donors (Lipinski definition) is 3. The number of carbonyl (C=O) groups excluding carboxylic acids is 1. The molecular weight excluding hydrogens is 192 g/mol. The van der Waals surface area contributed by atoms with Crippen LogP contribution in [0.3, 0.4) is 0 Å². The van der Waals surface area contributed by atoms with Gasteiger partial charge in [-0.05, 0) is 19.3 Å². The Morgan fingerprint density at radius 3 is 2.93 bits per heavy atom. The van der Waals surface area contributed by atoms with E-state index in [9.17, 15) is 4.79 Å². The maximum atomic E-state index is 11.6. The fraction of sp³-hybridized carbons (Fsp3) is 0.909. The molecule has 4 heteroatoms. The van der Waals surface area contributed by atoms with Gasteiger partial charge >= 0.3 is 0 Å². The molecule has 88 valence electrons. The van der Waals surface area contributed by atoms with Gasteiger partial charge in [0.05, 0.1) is 0 Å². The van der Waals surface area contributed by atoms with E-state index in [1.807, 2.05) is 6.92 Å². The van der Waals surface area contributed by atoms with Crippen molar-refractivity contribution in [1.29, 1.82) is 0 Å². The molecule has 1 aliphatic rings. The minimum atomic E-state index is -0.0426. The molecule has 0 saturated heterocycles. The van der Waals surface area contributed by atoms with E-state index in [2.05, 4.69) is 5.32 Å². The fourth-order valence-corrected chi connectivity index (χ4v) is 2.09. The summed E-state index contributed by atoms with van der Waals surface area (Å²) < 4.78 is 0. The Morgan fingerprint density at radius 2 is 2.33 bits per heavy atom. The topological polar surface area (TPSA) is 75.4 Å². The van der Waals surface area contributed by atoms with Gasteiger partial charge < -0.3 is 16.2 Å². The van der Waals surface area contributed by atoms with E-state index in [-0.39, 0.29) is 30.5 Å². The fourth-order valence-electron chi connectivity index (χ4n) is 2.09. The smallest absolute Gasteiger partial charge is 0.221 e. The SMILES string of the molecule is CCC(N)CC(=O)NC1CCCC1CO. The summed E-state index contributed by atoms with van der Waals surface area (Å²) in [7, 11) is 0. The first-order chi connectivity index (χ1) is 7.17. The lowest BCUT2D eigenvalue weighted by atomic mass is 10.0. The molecule has 1 aliphatic carbocycles. The van der Waals surface area contributed by atoms with Gasteiger partial charge in [0.25, 0.3) is 0 Å². The van der Waals surface area contributed by atoms with Gasteiger partial charge in [-0.15, -0.1) is 0 Å². The summed E-state index contributed by atoms with van der Waals surface area (Å²) in [4.78, 5) is 11.6. The van der Waals surface area contributed by atoms with Gasteiger partial charge in [-0.3, -0.25) is 4.79 Å². The van der Waals surface area contributed by atoms with Crippen molar-refractivity contribution in [2.75, 3.05) is 6.61 Å². The minimum Gasteiger partial charge on any atom is -0.396 e. The first-order valence-electron chi connectivity index (χ1n) is 5.83. The normalized spacial score (nSPS) is 27.7. The van der Waals surface area contributed by atoms with Crippen LogP contribution in [0.1, 0.15) is 39.0 Å². The first-order valence-corrected chi connectivity index (χ1v) is 5.83. The summed E-state index contributed by atoms with van der Waals surface area (Å²) in [5.41, 5.74) is 5.71. The maximum absolute atomic E-state index is 11.6. The van der Waals surface area contributed by atoms with Crippen molar-refractivity contribution in [2.24, 2.45) is 11.7 Å². The zero-order valence-corrected chi connectivity index (χ0v) is 9.41. The summed E-state index contributed by atoms with van der Waals surface area (Å²) in [5.74, 6) is 0.265. The molecule has 15 heavy (non-hydrogen) atoms. The number of rotatable bonds is 5. The standard InChI is InChI=1S/C11H22N2O2/c1-2-9(12)6-11(15)13-10-5-3-4-8(10)7-14/h8-10,14H,2-7,12H2,1H3,(H,13,15). The summed E-state index contributed by atoms with van der Waals surface area (Å²) in [6, 6.07) is 0.116. The van der Waals surface area contributed by atoms with Crippen LogP contribution in [0.25, 0.3) is 0 Å². The molecule has 0 aromatic rings. The average Bonchev–Trinajstić information content (AvgIpc) is 2.64. The number of hydrogen-bond acceptors (Lipinski definition) is 3. The predicted molar refractivity (Wildman–Crippen MR) is 59.2 cm³/mol.